The zero-order chi connectivity index (χ0) is 37.1. The van der Waals surface area contributed by atoms with Crippen LogP contribution in [0.5, 0.6) is 0 Å². The highest BCUT2D eigenvalue weighted by Gasteiger charge is 2.37. The minimum atomic E-state index is -0.724. The van der Waals surface area contributed by atoms with Crippen molar-refractivity contribution in [3.8, 4) is 11.1 Å². The third-order valence-electron chi connectivity index (χ3n) is 8.59. The number of nitrogens with two attached hydrogens (primary N) is 1. The minimum Gasteiger partial charge on any atom is -0.387 e. The monoisotopic (exact) mass is 697 g/mol. The summed E-state index contributed by atoms with van der Waals surface area (Å²) in [6, 6.07) is 13.5. The summed E-state index contributed by atoms with van der Waals surface area (Å²) < 4.78 is 30.8. The van der Waals surface area contributed by atoms with Crippen LogP contribution in [0.2, 0.25) is 0 Å². The number of rotatable bonds is 15. The van der Waals surface area contributed by atoms with E-state index < -0.39 is 47.6 Å². The fourth-order valence-electron chi connectivity index (χ4n) is 6.02. The number of aliphatic hydroxyl groups excluding tert-OH is 1. The molecule has 0 bridgehead atoms. The lowest BCUT2D eigenvalue weighted by molar-refractivity contribution is -0.140. The van der Waals surface area contributed by atoms with Gasteiger partial charge in [0, 0.05) is 42.7 Å². The van der Waals surface area contributed by atoms with Crippen molar-refractivity contribution in [2.75, 3.05) is 26.7 Å². The van der Waals surface area contributed by atoms with E-state index in [2.05, 4.69) is 17.6 Å². The number of hydrogen-bond donors (Lipinski definition) is 4. The lowest BCUT2D eigenvalue weighted by atomic mass is 9.82. The first-order chi connectivity index (χ1) is 23.9. The SMILES string of the molecule is C1CCCC1.CCCCNC=O.CNC(CCN(C(=O)CO)C(c1cc(-c2cc(F)ccc2F)cn1Cc1ccccc1)C(C)(C)C)C(N)=O. The van der Waals surface area contributed by atoms with Crippen molar-refractivity contribution in [2.45, 2.75) is 97.7 Å². The Labute approximate surface area is 296 Å². The van der Waals surface area contributed by atoms with E-state index in [0.29, 0.717) is 17.8 Å². The van der Waals surface area contributed by atoms with Crippen LogP contribution in [0.1, 0.15) is 96.4 Å². The number of nitrogens with one attached hydrogen (secondary N) is 2. The molecule has 50 heavy (non-hydrogen) atoms. The Kier molecular flexibility index (Phi) is 18.4. The maximum Gasteiger partial charge on any atom is 0.248 e. The number of aromatic nitrogens is 1. The Hall–Kier alpha value is -4.09. The highest BCUT2D eigenvalue weighted by Crippen LogP contribution is 2.41. The van der Waals surface area contributed by atoms with Crippen molar-refractivity contribution < 1.29 is 28.3 Å². The van der Waals surface area contributed by atoms with Crippen LogP contribution in [0.25, 0.3) is 11.1 Å². The maximum atomic E-state index is 14.8. The first kappa shape index (κ1) is 42.1. The van der Waals surface area contributed by atoms with E-state index in [1.807, 2.05) is 55.7 Å². The number of nitrogens with zero attached hydrogens (tertiary/aromatic N) is 2. The number of halogens is 2. The second-order valence-corrected chi connectivity index (χ2v) is 13.6. The molecule has 1 fully saturated rings. The molecule has 1 aliphatic rings. The zero-order valence-corrected chi connectivity index (χ0v) is 30.4. The second kappa shape index (κ2) is 21.9. The molecule has 5 N–H and O–H groups in total. The van der Waals surface area contributed by atoms with E-state index >= 15 is 0 Å². The van der Waals surface area contributed by atoms with E-state index in [1.165, 1.54) is 37.0 Å². The first-order valence-corrected chi connectivity index (χ1v) is 17.6. The molecule has 0 aliphatic heterocycles. The molecule has 3 aromatic rings. The number of carbonyl (C=O) groups excluding carboxylic acids is 3. The number of likely N-dealkylation sites (N-methyl/N-ethyl adjacent to an activating group) is 1. The van der Waals surface area contributed by atoms with Crippen LogP contribution in [0.3, 0.4) is 0 Å². The normalized spacial score (nSPS) is 13.6. The van der Waals surface area contributed by atoms with Crippen molar-refractivity contribution in [2.24, 2.45) is 11.1 Å². The number of benzene rings is 2. The molecular formula is C39H57F2N5O4. The molecule has 0 radical (unpaired) electrons. The molecule has 3 amide bonds. The van der Waals surface area contributed by atoms with Gasteiger partial charge in [0.05, 0.1) is 12.1 Å². The Morgan fingerprint density at radius 2 is 1.68 bits per heavy atom. The molecule has 4 rings (SSSR count). The molecule has 276 valence electrons. The number of carbonyl (C=O) groups is 3. The lowest BCUT2D eigenvalue weighted by Gasteiger charge is -2.41. The number of aliphatic hydroxyl groups is 1. The van der Waals surface area contributed by atoms with Gasteiger partial charge < -0.3 is 30.9 Å². The molecule has 0 saturated heterocycles. The maximum absolute atomic E-state index is 14.8. The summed E-state index contributed by atoms with van der Waals surface area (Å²) >= 11 is 0. The van der Waals surface area contributed by atoms with E-state index in [-0.39, 0.29) is 18.5 Å². The summed E-state index contributed by atoms with van der Waals surface area (Å²) in [6.45, 7) is 8.62. The van der Waals surface area contributed by atoms with Gasteiger partial charge >= 0.3 is 0 Å². The van der Waals surface area contributed by atoms with Gasteiger partial charge in [0.1, 0.15) is 18.2 Å². The summed E-state index contributed by atoms with van der Waals surface area (Å²) in [5, 5.41) is 15.3. The Morgan fingerprint density at radius 3 is 2.20 bits per heavy atom. The molecule has 2 atom stereocenters. The standard InChI is InChI=1S/C29H36F2N4O3.C5H11NO.C5H10/c1-29(2,3)27(35(26(37)18-36)13-12-24(33-4)28(32)38)25-14-20(22-15-21(30)10-11-23(22)31)17-34(25)16-19-8-6-5-7-9-19;1-2-3-4-6-5-7;1-2-4-5-3-1/h5-11,14-15,17,24,27,33,36H,12-13,16,18H2,1-4H3,(H2,32,38);5H,2-4H2,1H3,(H,6,7);1-5H2. The molecule has 1 heterocycles. The summed E-state index contributed by atoms with van der Waals surface area (Å²) in [5.74, 6) is -2.20. The number of amides is 3. The van der Waals surface area contributed by atoms with E-state index in [9.17, 15) is 28.3 Å². The third kappa shape index (κ3) is 13.7. The average molecular weight is 698 g/mol. The van der Waals surface area contributed by atoms with Crippen LogP contribution < -0.4 is 16.4 Å². The van der Waals surface area contributed by atoms with Crippen LogP contribution in [0, 0.1) is 17.0 Å². The molecule has 0 spiro atoms. The van der Waals surface area contributed by atoms with Crippen molar-refractivity contribution in [1.82, 2.24) is 20.1 Å². The number of hydrogen-bond acceptors (Lipinski definition) is 5. The van der Waals surface area contributed by atoms with Crippen LogP contribution in [0.4, 0.5) is 8.78 Å². The van der Waals surface area contributed by atoms with Crippen LogP contribution >= 0.6 is 0 Å². The Morgan fingerprint density at radius 1 is 1.04 bits per heavy atom. The highest BCUT2D eigenvalue weighted by atomic mass is 19.1. The van der Waals surface area contributed by atoms with Gasteiger partial charge in [0.2, 0.25) is 18.2 Å². The van der Waals surface area contributed by atoms with E-state index in [4.69, 9.17) is 5.73 Å². The summed E-state index contributed by atoms with van der Waals surface area (Å²) in [6.07, 6.45) is 12.4. The van der Waals surface area contributed by atoms with Gasteiger partial charge in [-0.25, -0.2) is 8.78 Å². The van der Waals surface area contributed by atoms with Gasteiger partial charge in [-0.05, 0) is 55.1 Å². The van der Waals surface area contributed by atoms with Gasteiger partial charge in [-0.2, -0.15) is 0 Å². The summed E-state index contributed by atoms with van der Waals surface area (Å²) in [4.78, 5) is 36.0. The Bertz CT molecular complexity index is 1450. The third-order valence-corrected chi connectivity index (χ3v) is 8.59. The zero-order valence-electron chi connectivity index (χ0n) is 30.4. The minimum absolute atomic E-state index is 0.106. The molecule has 9 nitrogen and oxygen atoms in total. The van der Waals surface area contributed by atoms with Crippen molar-refractivity contribution >= 4 is 18.2 Å². The topological polar surface area (TPSA) is 130 Å². The predicted octanol–water partition coefficient (Wildman–Crippen LogP) is 6.34. The van der Waals surface area contributed by atoms with Crippen molar-refractivity contribution in [1.29, 1.82) is 0 Å². The first-order valence-electron chi connectivity index (χ1n) is 17.6. The quantitative estimate of drug-likeness (QED) is 0.109. The van der Waals surface area contributed by atoms with Crippen LogP contribution in [-0.2, 0) is 20.9 Å². The fraction of sp³-hybridized carbons (Fsp3) is 0.513. The average Bonchev–Trinajstić information content (AvgIpc) is 3.80. The molecule has 1 aliphatic carbocycles. The largest absolute Gasteiger partial charge is 0.387 e. The van der Waals surface area contributed by atoms with E-state index in [0.717, 1.165) is 49.6 Å². The second-order valence-electron chi connectivity index (χ2n) is 13.6. The van der Waals surface area contributed by atoms with Gasteiger partial charge in [0.15, 0.2) is 0 Å². The van der Waals surface area contributed by atoms with Gasteiger partial charge in [0.25, 0.3) is 0 Å². The molecule has 2 aromatic carbocycles. The molecule has 11 heteroatoms. The van der Waals surface area contributed by atoms with E-state index in [1.54, 1.807) is 19.3 Å². The summed E-state index contributed by atoms with van der Waals surface area (Å²) in [5.41, 5.74) is 7.18. The molecular weight excluding hydrogens is 640 g/mol. The highest BCUT2D eigenvalue weighted by molar-refractivity contribution is 5.80. The lowest BCUT2D eigenvalue weighted by Crippen LogP contribution is -2.47. The summed E-state index contributed by atoms with van der Waals surface area (Å²) in [7, 11) is 1.61. The fourth-order valence-corrected chi connectivity index (χ4v) is 6.02. The number of primary amides is 1. The van der Waals surface area contributed by atoms with Gasteiger partial charge in [-0.3, -0.25) is 14.4 Å². The number of unbranched alkanes of at least 4 members (excludes halogenated alkanes) is 1. The Balaban J connectivity index is 0.000000609. The van der Waals surface area contributed by atoms with Crippen LogP contribution in [-0.4, -0.2) is 65.6 Å². The predicted molar refractivity (Wildman–Crippen MR) is 195 cm³/mol. The molecule has 2 unspecified atom stereocenters. The smallest absolute Gasteiger partial charge is 0.248 e. The van der Waals surface area contributed by atoms with Crippen LogP contribution in [0.15, 0.2) is 60.8 Å². The molecule has 1 saturated carbocycles. The van der Waals surface area contributed by atoms with Crippen molar-refractivity contribution in [3.05, 3.63) is 83.7 Å². The van der Waals surface area contributed by atoms with Gasteiger partial charge in [-0.15, -0.1) is 0 Å². The van der Waals surface area contributed by atoms with Gasteiger partial charge in [-0.1, -0.05) is 96.6 Å². The molecule has 1 aromatic heterocycles. The van der Waals surface area contributed by atoms with Crippen molar-refractivity contribution in [3.63, 3.8) is 0 Å².